The molecule has 0 atom stereocenters. The van der Waals surface area contributed by atoms with Gasteiger partial charge in [-0.2, -0.15) is 0 Å². The number of pyridine rings is 2. The highest BCUT2D eigenvalue weighted by Crippen LogP contribution is 2.31. The number of rotatable bonds is 9. The molecule has 0 aliphatic carbocycles. The SMILES string of the molecule is C.CC(C)(C)OC(=O)CCC(=O)O.CC(C)(C)OC(=O)NCC(=O)N1CCC(c2nc(-c3ccncc3)[nH]c(=O)c2Cl)CC1.O=c1[nH]c(-c2ccncc2)nc(C2CCNCC2)c1Cl. The number of carboxylic acid groups (broad SMARTS) is 1. The molecular formula is C44H59Cl2N9O9. The normalized spacial score (nSPS) is 14.3. The number of aromatic amines is 2. The molecule has 0 saturated carbocycles. The topological polar surface area (TPSA) is 252 Å². The summed E-state index contributed by atoms with van der Waals surface area (Å²) in [5.74, 6) is -0.454. The smallest absolute Gasteiger partial charge is 0.408 e. The van der Waals surface area contributed by atoms with Gasteiger partial charge in [0.15, 0.2) is 0 Å². The van der Waals surface area contributed by atoms with Crippen molar-refractivity contribution in [3.05, 3.63) is 91.2 Å². The molecule has 2 saturated heterocycles. The van der Waals surface area contributed by atoms with Crippen LogP contribution < -0.4 is 21.8 Å². The van der Waals surface area contributed by atoms with Crippen molar-refractivity contribution in [3.8, 4) is 22.8 Å². The molecule has 2 aliphatic heterocycles. The van der Waals surface area contributed by atoms with Crippen molar-refractivity contribution in [2.45, 2.75) is 111 Å². The van der Waals surface area contributed by atoms with Crippen molar-refractivity contribution in [2.75, 3.05) is 32.7 Å². The summed E-state index contributed by atoms with van der Waals surface area (Å²) in [6, 6.07) is 7.15. The largest absolute Gasteiger partial charge is 0.481 e. The zero-order valence-electron chi connectivity index (χ0n) is 36.3. The first-order valence-corrected chi connectivity index (χ1v) is 21.3. The summed E-state index contributed by atoms with van der Waals surface area (Å²) in [4.78, 5) is 93.7. The number of aromatic nitrogens is 6. The van der Waals surface area contributed by atoms with Crippen LogP contribution in [0, 0.1) is 0 Å². The van der Waals surface area contributed by atoms with Crippen LogP contribution in [0.3, 0.4) is 0 Å². The number of piperidine rings is 2. The van der Waals surface area contributed by atoms with Gasteiger partial charge < -0.3 is 40.1 Å². The Kier molecular flexibility index (Phi) is 20.0. The fraction of sp³-hybridized carbons (Fsp3) is 0.500. The maximum atomic E-state index is 12.4. The van der Waals surface area contributed by atoms with Crippen LogP contribution in [0.5, 0.6) is 0 Å². The highest BCUT2D eigenvalue weighted by Gasteiger charge is 2.28. The van der Waals surface area contributed by atoms with E-state index < -0.39 is 34.8 Å². The van der Waals surface area contributed by atoms with Gasteiger partial charge in [-0.3, -0.25) is 33.9 Å². The Morgan fingerprint density at radius 2 is 1.17 bits per heavy atom. The lowest BCUT2D eigenvalue weighted by molar-refractivity contribution is -0.157. The van der Waals surface area contributed by atoms with Gasteiger partial charge in [0.2, 0.25) is 5.91 Å². The molecule has 0 radical (unpaired) electrons. The molecule has 20 heteroatoms. The quantitative estimate of drug-likeness (QED) is 0.113. The highest BCUT2D eigenvalue weighted by molar-refractivity contribution is 6.31. The number of esters is 1. The number of nitrogens with zero attached hydrogens (tertiary/aromatic N) is 5. The van der Waals surface area contributed by atoms with Crippen LogP contribution >= 0.6 is 23.2 Å². The van der Waals surface area contributed by atoms with E-state index in [1.54, 1.807) is 83.4 Å². The number of alkyl carbamates (subject to hydrolysis) is 1. The second kappa shape index (κ2) is 24.4. The van der Waals surface area contributed by atoms with Gasteiger partial charge in [-0.05, 0) is 105 Å². The van der Waals surface area contributed by atoms with E-state index in [1.165, 1.54) is 0 Å². The molecule has 0 aromatic carbocycles. The predicted octanol–water partition coefficient (Wildman–Crippen LogP) is 6.50. The molecule has 0 spiro atoms. The van der Waals surface area contributed by atoms with E-state index >= 15 is 0 Å². The monoisotopic (exact) mass is 927 g/mol. The van der Waals surface area contributed by atoms with Gasteiger partial charge in [0.05, 0.1) is 24.2 Å². The molecule has 6 heterocycles. The fourth-order valence-electron chi connectivity index (χ4n) is 6.46. The Balaban J connectivity index is 0.000000282. The zero-order chi connectivity index (χ0) is 46.3. The molecule has 348 valence electrons. The van der Waals surface area contributed by atoms with Crippen LogP contribution in [0.25, 0.3) is 22.8 Å². The molecule has 0 bridgehead atoms. The number of hydrogen-bond acceptors (Lipinski definition) is 13. The van der Waals surface area contributed by atoms with E-state index in [-0.39, 0.29) is 60.2 Å². The van der Waals surface area contributed by atoms with Crippen LogP contribution in [-0.2, 0) is 23.9 Å². The van der Waals surface area contributed by atoms with Gasteiger partial charge in [-0.25, -0.2) is 14.8 Å². The highest BCUT2D eigenvalue weighted by atomic mass is 35.5. The molecule has 0 unspecified atom stereocenters. The number of nitrogens with one attached hydrogen (secondary N) is 4. The molecule has 6 rings (SSSR count). The number of H-pyrrole nitrogens is 2. The predicted molar refractivity (Wildman–Crippen MR) is 243 cm³/mol. The lowest BCUT2D eigenvalue weighted by Crippen LogP contribution is -2.44. The number of halogens is 2. The van der Waals surface area contributed by atoms with Crippen molar-refractivity contribution >= 4 is 47.1 Å². The van der Waals surface area contributed by atoms with Gasteiger partial charge in [-0.1, -0.05) is 30.6 Å². The third-order valence-electron chi connectivity index (χ3n) is 9.39. The summed E-state index contributed by atoms with van der Waals surface area (Å²) in [6.07, 6.45) is 8.87. The third kappa shape index (κ3) is 17.1. The Morgan fingerprint density at radius 1 is 0.734 bits per heavy atom. The Hall–Kier alpha value is -5.72. The van der Waals surface area contributed by atoms with Crippen molar-refractivity contribution in [1.29, 1.82) is 0 Å². The fourth-order valence-corrected chi connectivity index (χ4v) is 6.95. The summed E-state index contributed by atoms with van der Waals surface area (Å²) in [6.45, 7) is 13.2. The number of aliphatic carboxylic acids is 1. The second-order valence-electron chi connectivity index (χ2n) is 16.7. The molecular weight excluding hydrogens is 869 g/mol. The first-order valence-electron chi connectivity index (χ1n) is 20.5. The van der Waals surface area contributed by atoms with Crippen molar-refractivity contribution in [3.63, 3.8) is 0 Å². The maximum absolute atomic E-state index is 12.4. The Morgan fingerprint density at radius 3 is 1.59 bits per heavy atom. The van der Waals surface area contributed by atoms with Gasteiger partial charge in [0, 0.05) is 60.8 Å². The summed E-state index contributed by atoms with van der Waals surface area (Å²) in [5.41, 5.74) is 1.01. The van der Waals surface area contributed by atoms with Crippen molar-refractivity contribution in [2.24, 2.45) is 0 Å². The zero-order valence-corrected chi connectivity index (χ0v) is 37.8. The molecule has 2 fully saturated rings. The number of ether oxygens (including phenoxy) is 2. The maximum Gasteiger partial charge on any atom is 0.408 e. The minimum atomic E-state index is -0.985. The molecule has 4 aromatic heterocycles. The average Bonchev–Trinajstić information content (AvgIpc) is 3.24. The average molecular weight is 929 g/mol. The Bertz CT molecular complexity index is 2280. The standard InChI is InChI=1S/C21H26ClN5O4.C14H15ClN4O.C8H14O4.CH4/c1-21(2,3)31-20(30)24-12-15(28)27-10-6-13(7-11-27)17-16(22)19(29)26-18(25-17)14-4-8-23-9-5-14;15-11-12(9-1-5-16-6-2-9)18-13(19-14(11)20)10-3-7-17-8-4-10;1-8(2,3)12-7(11)5-4-6(9)10;/h4-5,8-9,13H,6-7,10-12H2,1-3H3,(H,24,30)(H,25,26,29);3-4,7-9,16H,1-2,5-6H2,(H,18,19,20);4-5H2,1-3H3,(H,9,10);1H4. The van der Waals surface area contributed by atoms with Crippen LogP contribution in [0.1, 0.15) is 111 Å². The van der Waals surface area contributed by atoms with Crippen LogP contribution in [0.4, 0.5) is 4.79 Å². The van der Waals surface area contributed by atoms with Gasteiger partial charge >= 0.3 is 18.0 Å². The number of amides is 2. The summed E-state index contributed by atoms with van der Waals surface area (Å²) < 4.78 is 10.0. The van der Waals surface area contributed by atoms with Crippen molar-refractivity contribution < 1.29 is 33.8 Å². The molecule has 2 aliphatic rings. The minimum absolute atomic E-state index is 0. The number of carbonyl (C=O) groups is 4. The lowest BCUT2D eigenvalue weighted by atomic mass is 9.93. The number of carboxylic acids is 1. The summed E-state index contributed by atoms with van der Waals surface area (Å²) in [5, 5.41) is 14.3. The lowest BCUT2D eigenvalue weighted by Gasteiger charge is -2.32. The minimum Gasteiger partial charge on any atom is -0.481 e. The second-order valence-corrected chi connectivity index (χ2v) is 17.5. The first kappa shape index (κ1) is 52.6. The number of likely N-dealkylation sites (tertiary alicyclic amines) is 1. The summed E-state index contributed by atoms with van der Waals surface area (Å²) in [7, 11) is 0. The van der Waals surface area contributed by atoms with E-state index in [1.807, 2.05) is 12.1 Å². The summed E-state index contributed by atoms with van der Waals surface area (Å²) >= 11 is 12.4. The van der Waals surface area contributed by atoms with E-state index in [0.29, 0.717) is 49.0 Å². The van der Waals surface area contributed by atoms with Gasteiger partial charge in [0.1, 0.15) is 39.4 Å². The van der Waals surface area contributed by atoms with Crippen molar-refractivity contribution in [1.82, 2.24) is 45.4 Å². The number of carbonyl (C=O) groups excluding carboxylic acids is 3. The molecule has 64 heavy (non-hydrogen) atoms. The van der Waals surface area contributed by atoms with E-state index in [2.05, 4.69) is 40.5 Å². The Labute approximate surface area is 382 Å². The molecule has 18 nitrogen and oxygen atoms in total. The van der Waals surface area contributed by atoms with E-state index in [0.717, 1.165) is 37.1 Å². The van der Waals surface area contributed by atoms with E-state index in [9.17, 15) is 28.8 Å². The molecule has 2 amide bonds. The van der Waals surface area contributed by atoms with Gasteiger partial charge in [0.25, 0.3) is 11.1 Å². The first-order chi connectivity index (χ1) is 29.7. The van der Waals surface area contributed by atoms with Crippen LogP contribution in [0.2, 0.25) is 10.0 Å². The molecule has 4 aromatic rings. The third-order valence-corrected chi connectivity index (χ3v) is 10.1. The van der Waals surface area contributed by atoms with Crippen LogP contribution in [-0.4, -0.2) is 108 Å². The molecule has 5 N–H and O–H groups in total. The number of hydrogen-bond donors (Lipinski definition) is 5. The van der Waals surface area contributed by atoms with Gasteiger partial charge in [-0.15, -0.1) is 0 Å². The van der Waals surface area contributed by atoms with Crippen LogP contribution in [0.15, 0.2) is 58.6 Å². The van der Waals surface area contributed by atoms with E-state index in [4.69, 9.17) is 37.8 Å².